The molecule has 2 aromatic carbocycles. The number of phenols is 2. The molecule has 8 heteroatoms. The number of hydrogen-bond donors (Lipinski definition) is 4. The Hall–Kier alpha value is -3.81. The molecule has 0 fully saturated rings. The van der Waals surface area contributed by atoms with Crippen molar-refractivity contribution >= 4 is 11.6 Å². The van der Waals surface area contributed by atoms with Gasteiger partial charge in [0.15, 0.2) is 0 Å². The molecule has 0 radical (unpaired) electrons. The lowest BCUT2D eigenvalue weighted by atomic mass is 10.2. The van der Waals surface area contributed by atoms with Crippen LogP contribution in [0.5, 0.6) is 11.5 Å². The first kappa shape index (κ1) is 18.0. The van der Waals surface area contributed by atoms with Gasteiger partial charge in [-0.25, -0.2) is 10.1 Å². The molecule has 1 aromatic heterocycles. The summed E-state index contributed by atoms with van der Waals surface area (Å²) in [5.74, 6) is -1.19. The van der Waals surface area contributed by atoms with Gasteiger partial charge in [-0.05, 0) is 38.1 Å². The van der Waals surface area contributed by atoms with Crippen molar-refractivity contribution in [2.24, 2.45) is 5.10 Å². The molecule has 138 valence electrons. The number of carbonyl (C=O) groups is 1. The fraction of sp³-hybridized carbons (Fsp3) is 0.105. The minimum atomic E-state index is -0.663. The van der Waals surface area contributed by atoms with Crippen molar-refractivity contribution in [2.45, 2.75) is 13.8 Å². The van der Waals surface area contributed by atoms with E-state index >= 15 is 0 Å². The number of rotatable bonds is 4. The maximum atomic E-state index is 12.7. The number of hydrazone groups is 1. The van der Waals surface area contributed by atoms with E-state index in [1.807, 2.05) is 18.2 Å². The van der Waals surface area contributed by atoms with Gasteiger partial charge in [0, 0.05) is 11.8 Å². The number of carbonyl (C=O) groups excluding carboxylic acids is 1. The van der Waals surface area contributed by atoms with E-state index < -0.39 is 5.91 Å². The largest absolute Gasteiger partial charge is 0.508 e. The van der Waals surface area contributed by atoms with Crippen LogP contribution in [0.1, 0.15) is 28.5 Å². The van der Waals surface area contributed by atoms with Gasteiger partial charge in [0.1, 0.15) is 11.5 Å². The molecule has 0 saturated heterocycles. The third-order valence-electron chi connectivity index (χ3n) is 4.00. The lowest BCUT2D eigenvalue weighted by Gasteiger charge is -2.04. The van der Waals surface area contributed by atoms with Crippen molar-refractivity contribution in [1.82, 2.24) is 15.2 Å². The Morgan fingerprint density at radius 2 is 1.85 bits per heavy atom. The van der Waals surface area contributed by atoms with Crippen LogP contribution in [0.25, 0.3) is 5.69 Å². The number of para-hydroxylation sites is 1. The van der Waals surface area contributed by atoms with E-state index in [9.17, 15) is 19.8 Å². The summed E-state index contributed by atoms with van der Waals surface area (Å²) in [5, 5.41) is 26.0. The van der Waals surface area contributed by atoms with Crippen LogP contribution in [-0.4, -0.2) is 31.6 Å². The van der Waals surface area contributed by atoms with Gasteiger partial charge in [0.05, 0.1) is 22.5 Å². The lowest BCUT2D eigenvalue weighted by molar-refractivity contribution is 0.0952. The Bertz CT molecular complexity index is 1080. The smallest absolute Gasteiger partial charge is 0.280 e. The number of aromatic nitrogens is 2. The molecule has 8 nitrogen and oxygen atoms in total. The Kier molecular flexibility index (Phi) is 4.80. The minimum Gasteiger partial charge on any atom is -0.508 e. The van der Waals surface area contributed by atoms with Crippen LogP contribution < -0.4 is 11.0 Å². The van der Waals surface area contributed by atoms with Gasteiger partial charge in [-0.3, -0.25) is 14.7 Å². The maximum Gasteiger partial charge on any atom is 0.280 e. The third kappa shape index (κ3) is 3.59. The lowest BCUT2D eigenvalue weighted by Crippen LogP contribution is -2.23. The fourth-order valence-electron chi connectivity index (χ4n) is 2.69. The number of hydrogen-bond acceptors (Lipinski definition) is 5. The summed E-state index contributed by atoms with van der Waals surface area (Å²) < 4.78 is 1.40. The molecule has 0 aliphatic carbocycles. The van der Waals surface area contributed by atoms with Crippen LogP contribution in [0.15, 0.2) is 58.4 Å². The van der Waals surface area contributed by atoms with E-state index in [1.165, 1.54) is 16.8 Å². The van der Waals surface area contributed by atoms with Crippen molar-refractivity contribution in [2.75, 3.05) is 0 Å². The molecule has 4 N–H and O–H groups in total. The highest BCUT2D eigenvalue weighted by Crippen LogP contribution is 2.22. The van der Waals surface area contributed by atoms with Gasteiger partial charge in [-0.1, -0.05) is 18.2 Å². The van der Waals surface area contributed by atoms with E-state index in [1.54, 1.807) is 26.0 Å². The van der Waals surface area contributed by atoms with E-state index in [2.05, 4.69) is 15.6 Å². The van der Waals surface area contributed by atoms with Gasteiger partial charge in [-0.2, -0.15) is 5.10 Å². The summed E-state index contributed by atoms with van der Waals surface area (Å²) in [6.45, 7) is 3.34. The van der Waals surface area contributed by atoms with E-state index in [-0.39, 0.29) is 22.6 Å². The molecule has 0 saturated carbocycles. The second kappa shape index (κ2) is 7.20. The number of aromatic amines is 1. The van der Waals surface area contributed by atoms with Crippen molar-refractivity contribution in [1.29, 1.82) is 0 Å². The second-order valence-corrected chi connectivity index (χ2v) is 5.93. The zero-order valence-corrected chi connectivity index (χ0v) is 14.7. The Balaban J connectivity index is 1.88. The molecule has 0 unspecified atom stereocenters. The standard InChI is InChI=1S/C19H18N4O4/c1-11(20-21-18(26)15-9-8-14(24)10-16(15)25)17-12(2)22-23(19(17)27)13-6-4-3-5-7-13/h3-10,22,24-25H,1-2H3,(H,21,26)/b20-11+. The number of H-pyrrole nitrogens is 1. The summed E-state index contributed by atoms with van der Waals surface area (Å²) >= 11 is 0. The van der Waals surface area contributed by atoms with Crippen LogP contribution in [0, 0.1) is 6.92 Å². The number of amides is 1. The van der Waals surface area contributed by atoms with E-state index in [0.717, 1.165) is 6.07 Å². The maximum absolute atomic E-state index is 12.7. The van der Waals surface area contributed by atoms with E-state index in [4.69, 9.17) is 0 Å². The molecule has 0 spiro atoms. The summed E-state index contributed by atoms with van der Waals surface area (Å²) in [5.41, 5.74) is 3.91. The predicted molar refractivity (Wildman–Crippen MR) is 101 cm³/mol. The highest BCUT2D eigenvalue weighted by atomic mass is 16.3. The van der Waals surface area contributed by atoms with Crippen LogP contribution in [0.4, 0.5) is 0 Å². The molecule has 0 bridgehead atoms. The average molecular weight is 366 g/mol. The summed E-state index contributed by atoms with van der Waals surface area (Å²) in [6, 6.07) is 12.7. The van der Waals surface area contributed by atoms with Gasteiger partial charge < -0.3 is 10.2 Å². The minimum absolute atomic E-state index is 0.0446. The zero-order valence-electron chi connectivity index (χ0n) is 14.7. The van der Waals surface area contributed by atoms with Crippen LogP contribution in [-0.2, 0) is 0 Å². The second-order valence-electron chi connectivity index (χ2n) is 5.93. The van der Waals surface area contributed by atoms with Crippen molar-refractivity contribution in [3.05, 3.63) is 75.7 Å². The first-order chi connectivity index (χ1) is 12.9. The Morgan fingerprint density at radius 1 is 1.15 bits per heavy atom. The number of nitrogens with zero attached hydrogens (tertiary/aromatic N) is 2. The normalized spacial score (nSPS) is 11.4. The number of aryl methyl sites for hydroxylation is 1. The highest BCUT2D eigenvalue weighted by Gasteiger charge is 2.16. The monoisotopic (exact) mass is 366 g/mol. The molecule has 0 atom stereocenters. The average Bonchev–Trinajstić information content (AvgIpc) is 2.94. The van der Waals surface area contributed by atoms with Crippen molar-refractivity contribution in [3.63, 3.8) is 0 Å². The van der Waals surface area contributed by atoms with Gasteiger partial charge in [0.25, 0.3) is 11.5 Å². The topological polar surface area (TPSA) is 120 Å². The number of aromatic hydroxyl groups is 2. The van der Waals surface area contributed by atoms with Gasteiger partial charge in [0.2, 0.25) is 0 Å². The summed E-state index contributed by atoms with van der Waals surface area (Å²) in [7, 11) is 0. The van der Waals surface area contributed by atoms with Crippen molar-refractivity contribution in [3.8, 4) is 17.2 Å². The summed E-state index contributed by atoms with van der Waals surface area (Å²) in [4.78, 5) is 24.9. The number of phenolic OH excluding ortho intramolecular Hbond substituents is 2. The molecule has 27 heavy (non-hydrogen) atoms. The van der Waals surface area contributed by atoms with Crippen molar-refractivity contribution < 1.29 is 15.0 Å². The molecule has 0 aliphatic heterocycles. The SMILES string of the molecule is C/C(=N\NC(=O)c1ccc(O)cc1O)c1c(C)[nH]n(-c2ccccc2)c1=O. The molecule has 3 rings (SSSR count). The molecule has 1 amide bonds. The molecule has 0 aliphatic rings. The first-order valence-corrected chi connectivity index (χ1v) is 8.12. The first-order valence-electron chi connectivity index (χ1n) is 8.12. The van der Waals surface area contributed by atoms with Crippen LogP contribution in [0.2, 0.25) is 0 Å². The predicted octanol–water partition coefficient (Wildman–Crippen LogP) is 2.04. The van der Waals surface area contributed by atoms with E-state index in [0.29, 0.717) is 22.7 Å². The van der Waals surface area contributed by atoms with Gasteiger partial charge in [-0.15, -0.1) is 0 Å². The van der Waals surface area contributed by atoms with Gasteiger partial charge >= 0.3 is 0 Å². The third-order valence-corrected chi connectivity index (χ3v) is 4.00. The fourth-order valence-corrected chi connectivity index (χ4v) is 2.69. The molecule has 1 heterocycles. The van der Waals surface area contributed by atoms with Crippen LogP contribution >= 0.6 is 0 Å². The molecular formula is C19H18N4O4. The number of nitrogens with one attached hydrogen (secondary N) is 2. The number of benzene rings is 2. The Labute approximate surface area is 154 Å². The highest BCUT2D eigenvalue weighted by molar-refractivity contribution is 6.02. The summed E-state index contributed by atoms with van der Waals surface area (Å²) in [6.07, 6.45) is 0. The molecule has 3 aromatic rings. The zero-order chi connectivity index (χ0) is 19.6. The van der Waals surface area contributed by atoms with Crippen LogP contribution in [0.3, 0.4) is 0 Å². The quantitative estimate of drug-likeness (QED) is 0.417. The Morgan fingerprint density at radius 3 is 2.52 bits per heavy atom. The molecular weight excluding hydrogens is 348 g/mol.